The molecule has 0 fully saturated rings. The monoisotopic (exact) mass is 272 g/mol. The largest absolute Gasteiger partial charge is 0.299 e. The number of benzene rings is 1. The number of nitrogens with one attached hydrogen (secondary N) is 1. The molecule has 0 atom stereocenters. The first-order valence-electron chi connectivity index (χ1n) is 6.49. The number of H-pyrrole nitrogens is 1. The van der Waals surface area contributed by atoms with Gasteiger partial charge in [-0.15, -0.1) is 10.2 Å². The van der Waals surface area contributed by atoms with Crippen LogP contribution >= 0.6 is 0 Å². The summed E-state index contributed by atoms with van der Waals surface area (Å²) in [6.07, 6.45) is 1.44. The highest BCUT2D eigenvalue weighted by molar-refractivity contribution is 5.96. The van der Waals surface area contributed by atoms with E-state index in [1.165, 1.54) is 0 Å². The minimum atomic E-state index is 0.0168. The van der Waals surface area contributed by atoms with Crippen LogP contribution in [0.4, 0.5) is 0 Å². The molecular weight excluding hydrogens is 256 g/mol. The molecule has 0 aliphatic carbocycles. The Hall–Kier alpha value is -2.37. The van der Waals surface area contributed by atoms with Gasteiger partial charge in [0.1, 0.15) is 5.78 Å². The average Bonchev–Trinajstić information content (AvgIpc) is 2.92. The topological polar surface area (TPSA) is 88.6 Å². The normalized spacial score (nSPS) is 10.4. The second kappa shape index (κ2) is 6.70. The summed E-state index contributed by atoms with van der Waals surface area (Å²) in [6, 6.07) is 7.46. The lowest BCUT2D eigenvalue weighted by atomic mass is 10.0. The van der Waals surface area contributed by atoms with Gasteiger partial charge in [-0.25, -0.2) is 0 Å². The fourth-order valence-corrected chi connectivity index (χ4v) is 1.85. The van der Waals surface area contributed by atoms with Gasteiger partial charge >= 0.3 is 0 Å². The Morgan fingerprint density at radius 2 is 1.90 bits per heavy atom. The Kier molecular flexibility index (Phi) is 4.70. The van der Waals surface area contributed by atoms with Crippen LogP contribution in [0.25, 0.3) is 0 Å². The summed E-state index contributed by atoms with van der Waals surface area (Å²) in [4.78, 5) is 23.5. The van der Waals surface area contributed by atoms with Crippen molar-refractivity contribution in [3.05, 3.63) is 41.2 Å². The Morgan fingerprint density at radius 1 is 1.15 bits per heavy atom. The number of nitrogens with zero attached hydrogens (tertiary/aromatic N) is 3. The van der Waals surface area contributed by atoms with Gasteiger partial charge in [-0.05, 0) is 13.3 Å². The maximum atomic E-state index is 11.9. The molecule has 0 amide bonds. The summed E-state index contributed by atoms with van der Waals surface area (Å²) in [5.74, 6) is 0.473. The molecule has 0 saturated carbocycles. The lowest BCUT2D eigenvalue weighted by molar-refractivity contribution is -0.118. The number of carbonyl (C=O) groups excluding carboxylic acids is 2. The average molecular weight is 272 g/mol. The molecule has 1 aromatic heterocycles. The number of Topliss-reactive ketones (excluding diaryl/α,β-unsaturated/α-hetero) is 2. The summed E-state index contributed by atoms with van der Waals surface area (Å²) >= 11 is 0. The van der Waals surface area contributed by atoms with Crippen molar-refractivity contribution in [3.63, 3.8) is 0 Å². The smallest absolute Gasteiger partial charge is 0.181 e. The summed E-state index contributed by atoms with van der Waals surface area (Å²) < 4.78 is 0. The highest BCUT2D eigenvalue weighted by Crippen LogP contribution is 2.09. The fourth-order valence-electron chi connectivity index (χ4n) is 1.85. The number of aromatic nitrogens is 4. The Labute approximate surface area is 116 Å². The molecule has 6 nitrogen and oxygen atoms in total. The molecule has 1 aromatic carbocycles. The number of aryl methyl sites for hydroxylation is 1. The third kappa shape index (κ3) is 4.08. The van der Waals surface area contributed by atoms with Crippen LogP contribution in [-0.2, 0) is 11.2 Å². The second-order valence-electron chi connectivity index (χ2n) is 4.69. The van der Waals surface area contributed by atoms with Crippen LogP contribution in [0.15, 0.2) is 24.3 Å². The zero-order valence-corrected chi connectivity index (χ0v) is 11.3. The zero-order chi connectivity index (χ0) is 14.4. The van der Waals surface area contributed by atoms with Crippen molar-refractivity contribution >= 4 is 11.6 Å². The molecule has 2 rings (SSSR count). The van der Waals surface area contributed by atoms with Crippen molar-refractivity contribution in [2.24, 2.45) is 0 Å². The van der Waals surface area contributed by atoms with Gasteiger partial charge in [-0.1, -0.05) is 35.0 Å². The van der Waals surface area contributed by atoms with E-state index in [9.17, 15) is 9.59 Å². The van der Waals surface area contributed by atoms with Crippen molar-refractivity contribution in [2.45, 2.75) is 32.6 Å². The predicted molar refractivity (Wildman–Crippen MR) is 72.2 cm³/mol. The van der Waals surface area contributed by atoms with E-state index in [-0.39, 0.29) is 18.0 Å². The van der Waals surface area contributed by atoms with Crippen LogP contribution in [0.3, 0.4) is 0 Å². The van der Waals surface area contributed by atoms with E-state index in [1.807, 2.05) is 31.2 Å². The number of aromatic amines is 1. The zero-order valence-electron chi connectivity index (χ0n) is 11.3. The third-order valence-electron chi connectivity index (χ3n) is 2.98. The van der Waals surface area contributed by atoms with Gasteiger partial charge in [0.15, 0.2) is 11.6 Å². The third-order valence-corrected chi connectivity index (χ3v) is 2.98. The summed E-state index contributed by atoms with van der Waals surface area (Å²) in [6.45, 7) is 1.98. The Balaban J connectivity index is 1.74. The van der Waals surface area contributed by atoms with Crippen molar-refractivity contribution in [2.75, 3.05) is 0 Å². The molecule has 0 aliphatic heterocycles. The van der Waals surface area contributed by atoms with Gasteiger partial charge < -0.3 is 0 Å². The van der Waals surface area contributed by atoms with Crippen LogP contribution in [0.1, 0.15) is 41.0 Å². The van der Waals surface area contributed by atoms with E-state index in [4.69, 9.17) is 0 Å². The second-order valence-corrected chi connectivity index (χ2v) is 4.69. The summed E-state index contributed by atoms with van der Waals surface area (Å²) in [5.41, 5.74) is 1.82. The number of rotatable bonds is 7. The fraction of sp³-hybridized carbons (Fsp3) is 0.357. The van der Waals surface area contributed by atoms with E-state index < -0.39 is 0 Å². The van der Waals surface area contributed by atoms with Crippen molar-refractivity contribution in [1.82, 2.24) is 20.6 Å². The highest BCUT2D eigenvalue weighted by atomic mass is 16.1. The lowest BCUT2D eigenvalue weighted by Gasteiger charge is -2.01. The molecule has 6 heteroatoms. The SMILES string of the molecule is Cc1ccc(C(=O)CCCC(=O)Cc2nn[nH]n2)cc1. The Morgan fingerprint density at radius 3 is 2.55 bits per heavy atom. The molecule has 0 radical (unpaired) electrons. The van der Waals surface area contributed by atoms with Crippen LogP contribution in [0.5, 0.6) is 0 Å². The number of hydrogen-bond donors (Lipinski definition) is 1. The van der Waals surface area contributed by atoms with E-state index >= 15 is 0 Å². The van der Waals surface area contributed by atoms with Gasteiger partial charge in [0.05, 0.1) is 6.42 Å². The standard InChI is InChI=1S/C14H16N4O2/c1-10-5-7-11(8-6-10)13(20)4-2-3-12(19)9-14-15-17-18-16-14/h5-8H,2-4,9H2,1H3,(H,15,16,17,18). The predicted octanol–water partition coefficient (Wildman–Crippen LogP) is 1.67. The molecule has 0 aliphatic rings. The molecule has 0 bridgehead atoms. The van der Waals surface area contributed by atoms with E-state index in [1.54, 1.807) is 0 Å². The first-order chi connectivity index (χ1) is 9.65. The molecule has 104 valence electrons. The minimum Gasteiger partial charge on any atom is -0.299 e. The van der Waals surface area contributed by atoms with Crippen molar-refractivity contribution < 1.29 is 9.59 Å². The molecule has 0 spiro atoms. The lowest BCUT2D eigenvalue weighted by Crippen LogP contribution is -2.06. The van der Waals surface area contributed by atoms with Crippen LogP contribution < -0.4 is 0 Å². The van der Waals surface area contributed by atoms with Crippen LogP contribution in [0, 0.1) is 6.92 Å². The quantitative estimate of drug-likeness (QED) is 0.774. The first-order valence-corrected chi connectivity index (χ1v) is 6.49. The van der Waals surface area contributed by atoms with Crippen molar-refractivity contribution in [1.29, 1.82) is 0 Å². The number of ketones is 2. The summed E-state index contributed by atoms with van der Waals surface area (Å²) in [7, 11) is 0. The molecule has 0 saturated heterocycles. The van der Waals surface area contributed by atoms with Crippen molar-refractivity contribution in [3.8, 4) is 0 Å². The Bertz CT molecular complexity index is 576. The maximum Gasteiger partial charge on any atom is 0.181 e. The first kappa shape index (κ1) is 14.0. The summed E-state index contributed by atoms with van der Waals surface area (Å²) in [5, 5.41) is 13.1. The number of hydrogen-bond acceptors (Lipinski definition) is 5. The van der Waals surface area contributed by atoms with E-state index in [0.29, 0.717) is 30.7 Å². The molecule has 1 N–H and O–H groups in total. The van der Waals surface area contributed by atoms with E-state index in [0.717, 1.165) is 5.56 Å². The van der Waals surface area contributed by atoms with Gasteiger partial charge in [0.25, 0.3) is 0 Å². The van der Waals surface area contributed by atoms with Gasteiger partial charge in [-0.2, -0.15) is 5.21 Å². The van der Waals surface area contributed by atoms with Crippen LogP contribution in [0.2, 0.25) is 0 Å². The highest BCUT2D eigenvalue weighted by Gasteiger charge is 2.10. The molecular formula is C14H16N4O2. The molecule has 2 aromatic rings. The number of tetrazole rings is 1. The van der Waals surface area contributed by atoms with E-state index in [2.05, 4.69) is 20.6 Å². The maximum absolute atomic E-state index is 11.9. The van der Waals surface area contributed by atoms with Gasteiger partial charge in [0.2, 0.25) is 0 Å². The molecule has 1 heterocycles. The molecule has 0 unspecified atom stereocenters. The minimum absolute atomic E-state index is 0.0168. The van der Waals surface area contributed by atoms with Crippen LogP contribution in [-0.4, -0.2) is 32.2 Å². The van der Waals surface area contributed by atoms with Gasteiger partial charge in [0, 0.05) is 18.4 Å². The van der Waals surface area contributed by atoms with Gasteiger partial charge in [-0.3, -0.25) is 9.59 Å². The molecule has 20 heavy (non-hydrogen) atoms. The number of carbonyl (C=O) groups is 2.